The van der Waals surface area contributed by atoms with E-state index in [1.165, 1.54) is 24.8 Å². The zero-order valence-corrected chi connectivity index (χ0v) is 13.6. The smallest absolute Gasteiger partial charge is 0.228 e. The Balaban J connectivity index is 1.48. The molecule has 1 saturated carbocycles. The first kappa shape index (κ1) is 14.7. The number of hydrogen-bond donors (Lipinski definition) is 2. The maximum Gasteiger partial charge on any atom is 0.228 e. The fourth-order valence-corrected chi connectivity index (χ4v) is 4.28. The Kier molecular flexibility index (Phi) is 3.60. The summed E-state index contributed by atoms with van der Waals surface area (Å²) in [5.41, 5.74) is 2.86. The van der Waals surface area contributed by atoms with E-state index < -0.39 is 0 Å². The topological polar surface area (TPSA) is 58.4 Å². The molecule has 0 unspecified atom stereocenters. The number of fused-ring (bicyclic) bond motifs is 2. The van der Waals surface area contributed by atoms with Gasteiger partial charge in [-0.25, -0.2) is 4.98 Å². The second kappa shape index (κ2) is 5.64. The molecule has 23 heavy (non-hydrogen) atoms. The minimum absolute atomic E-state index is 0.187. The van der Waals surface area contributed by atoms with E-state index in [0.29, 0.717) is 12.5 Å². The van der Waals surface area contributed by atoms with E-state index in [4.69, 9.17) is 0 Å². The molecule has 0 aromatic carbocycles. The van der Waals surface area contributed by atoms with Crippen LogP contribution in [-0.2, 0) is 11.3 Å². The third-order valence-electron chi connectivity index (χ3n) is 5.57. The molecule has 5 nitrogen and oxygen atoms in total. The van der Waals surface area contributed by atoms with Crippen molar-refractivity contribution in [1.29, 1.82) is 0 Å². The average Bonchev–Trinajstić information content (AvgIpc) is 3.16. The van der Waals surface area contributed by atoms with Crippen LogP contribution in [0.2, 0.25) is 0 Å². The van der Waals surface area contributed by atoms with Crippen LogP contribution >= 0.6 is 0 Å². The first-order valence-electron chi connectivity index (χ1n) is 8.61. The zero-order valence-electron chi connectivity index (χ0n) is 13.6. The van der Waals surface area contributed by atoms with Crippen LogP contribution in [0.3, 0.4) is 0 Å². The van der Waals surface area contributed by atoms with Crippen LogP contribution in [0.1, 0.15) is 36.9 Å². The number of carbonyl (C=O) groups excluding carboxylic acids is 1. The van der Waals surface area contributed by atoms with Gasteiger partial charge >= 0.3 is 0 Å². The van der Waals surface area contributed by atoms with E-state index in [1.54, 1.807) is 0 Å². The van der Waals surface area contributed by atoms with E-state index >= 15 is 0 Å². The van der Waals surface area contributed by atoms with E-state index in [0.717, 1.165) is 30.9 Å². The normalized spacial score (nSPS) is 27.1. The summed E-state index contributed by atoms with van der Waals surface area (Å²) in [5.74, 6) is 0.709. The number of hydrogen-bond acceptors (Lipinski definition) is 3. The summed E-state index contributed by atoms with van der Waals surface area (Å²) in [6.45, 7) is 4.39. The molecule has 5 heteroatoms. The Bertz CT molecular complexity index is 738. The second-order valence-corrected chi connectivity index (χ2v) is 7.12. The summed E-state index contributed by atoms with van der Waals surface area (Å²) in [4.78, 5) is 17.4. The largest absolute Gasteiger partial charge is 0.350 e. The van der Waals surface area contributed by atoms with Gasteiger partial charge in [-0.2, -0.15) is 0 Å². The highest BCUT2D eigenvalue weighted by Crippen LogP contribution is 2.43. The number of nitrogens with one attached hydrogen (secondary N) is 2. The maximum atomic E-state index is 12.9. The Morgan fingerprint density at radius 3 is 3.26 bits per heavy atom. The van der Waals surface area contributed by atoms with Crippen LogP contribution in [0.15, 0.2) is 24.5 Å². The van der Waals surface area contributed by atoms with Gasteiger partial charge in [0.2, 0.25) is 5.91 Å². The number of carbonyl (C=O) groups is 1. The number of amides is 1. The molecule has 0 spiro atoms. The lowest BCUT2D eigenvalue weighted by molar-refractivity contribution is -0.134. The average molecular weight is 312 g/mol. The van der Waals surface area contributed by atoms with Crippen LogP contribution in [0.25, 0.3) is 5.65 Å². The number of rotatable bonds is 3. The van der Waals surface area contributed by atoms with Gasteiger partial charge in [0.05, 0.1) is 17.7 Å². The minimum atomic E-state index is -0.187. The number of pyridine rings is 1. The predicted molar refractivity (Wildman–Crippen MR) is 89.0 cm³/mol. The molecule has 0 radical (unpaired) electrons. The first-order valence-corrected chi connectivity index (χ1v) is 8.61. The van der Waals surface area contributed by atoms with Crippen molar-refractivity contribution in [3.63, 3.8) is 0 Å². The van der Waals surface area contributed by atoms with E-state index in [1.807, 2.05) is 16.7 Å². The molecule has 2 N–H and O–H groups in total. The molecule has 3 heterocycles. The van der Waals surface area contributed by atoms with Crippen LogP contribution in [0.4, 0.5) is 0 Å². The SMILES string of the molecule is Cc1ccc2nc(CNC(=O)[C@@]34CCCC[C@H]3CNC4)cn2c1. The summed E-state index contributed by atoms with van der Waals surface area (Å²) < 4.78 is 2.02. The molecular weight excluding hydrogens is 288 g/mol. The molecule has 122 valence electrons. The Morgan fingerprint density at radius 1 is 1.43 bits per heavy atom. The minimum Gasteiger partial charge on any atom is -0.350 e. The van der Waals surface area contributed by atoms with Gasteiger partial charge in [-0.05, 0) is 43.9 Å². The van der Waals surface area contributed by atoms with Gasteiger partial charge in [0.1, 0.15) is 5.65 Å². The molecule has 0 bridgehead atoms. The molecule has 2 fully saturated rings. The van der Waals surface area contributed by atoms with Gasteiger partial charge in [-0.3, -0.25) is 4.79 Å². The Hall–Kier alpha value is -1.88. The molecular formula is C18H24N4O. The standard InChI is InChI=1S/C18H24N4O/c1-13-5-6-16-21-15(11-22(16)10-13)9-20-17(23)18-7-3-2-4-14(18)8-19-12-18/h5-6,10-11,14,19H,2-4,7-9,12H2,1H3,(H,20,23)/t14-,18+/m0/s1. The number of imidazole rings is 1. The first-order chi connectivity index (χ1) is 11.2. The third kappa shape index (κ3) is 2.53. The highest BCUT2D eigenvalue weighted by Gasteiger charge is 2.49. The van der Waals surface area contributed by atoms with E-state index in [-0.39, 0.29) is 11.3 Å². The molecule has 1 aliphatic carbocycles. The molecule has 1 amide bonds. The highest BCUT2D eigenvalue weighted by atomic mass is 16.2. The fraction of sp³-hybridized carbons (Fsp3) is 0.556. The lowest BCUT2D eigenvalue weighted by atomic mass is 9.67. The molecule has 1 aliphatic heterocycles. The van der Waals surface area contributed by atoms with E-state index in [2.05, 4.69) is 34.8 Å². The van der Waals surface area contributed by atoms with Gasteiger partial charge in [0, 0.05) is 18.9 Å². The number of nitrogens with zero attached hydrogens (tertiary/aromatic N) is 2. The predicted octanol–water partition coefficient (Wildman–Crippen LogP) is 2.04. The van der Waals surface area contributed by atoms with Gasteiger partial charge in [0.15, 0.2) is 0 Å². The van der Waals surface area contributed by atoms with Crippen molar-refractivity contribution in [3.8, 4) is 0 Å². The quantitative estimate of drug-likeness (QED) is 0.912. The summed E-state index contributed by atoms with van der Waals surface area (Å²) in [6, 6.07) is 4.07. The molecule has 1 saturated heterocycles. The Morgan fingerprint density at radius 2 is 2.35 bits per heavy atom. The summed E-state index contributed by atoms with van der Waals surface area (Å²) in [6.07, 6.45) is 8.68. The fourth-order valence-electron chi connectivity index (χ4n) is 4.28. The van der Waals surface area contributed by atoms with Crippen LogP contribution in [0.5, 0.6) is 0 Å². The van der Waals surface area contributed by atoms with Crippen molar-refractivity contribution in [2.45, 2.75) is 39.2 Å². The van der Waals surface area contributed by atoms with Crippen molar-refractivity contribution in [3.05, 3.63) is 35.8 Å². The van der Waals surface area contributed by atoms with Crippen molar-refractivity contribution in [2.24, 2.45) is 11.3 Å². The van der Waals surface area contributed by atoms with Crippen molar-refractivity contribution < 1.29 is 4.79 Å². The zero-order chi connectivity index (χ0) is 15.9. The lowest BCUT2D eigenvalue weighted by Crippen LogP contribution is -2.47. The van der Waals surface area contributed by atoms with Gasteiger partial charge in [-0.1, -0.05) is 18.9 Å². The maximum absolute atomic E-state index is 12.9. The van der Waals surface area contributed by atoms with Crippen molar-refractivity contribution >= 4 is 11.6 Å². The summed E-state index contributed by atoms with van der Waals surface area (Å²) in [7, 11) is 0. The molecule has 2 aromatic rings. The van der Waals surface area contributed by atoms with Crippen LogP contribution < -0.4 is 10.6 Å². The van der Waals surface area contributed by atoms with Gasteiger partial charge < -0.3 is 15.0 Å². The summed E-state index contributed by atoms with van der Waals surface area (Å²) in [5, 5.41) is 6.58. The molecule has 2 atom stereocenters. The number of aryl methyl sites for hydroxylation is 1. The molecule has 4 rings (SSSR count). The monoisotopic (exact) mass is 312 g/mol. The van der Waals surface area contributed by atoms with Crippen LogP contribution in [-0.4, -0.2) is 28.4 Å². The second-order valence-electron chi connectivity index (χ2n) is 7.12. The highest BCUT2D eigenvalue weighted by molar-refractivity contribution is 5.83. The number of aromatic nitrogens is 2. The summed E-state index contributed by atoms with van der Waals surface area (Å²) >= 11 is 0. The Labute approximate surface area is 136 Å². The lowest BCUT2D eigenvalue weighted by Gasteiger charge is -2.37. The van der Waals surface area contributed by atoms with Crippen molar-refractivity contribution in [1.82, 2.24) is 20.0 Å². The van der Waals surface area contributed by atoms with Crippen molar-refractivity contribution in [2.75, 3.05) is 13.1 Å². The third-order valence-corrected chi connectivity index (χ3v) is 5.57. The van der Waals surface area contributed by atoms with Gasteiger partial charge in [0.25, 0.3) is 0 Å². The van der Waals surface area contributed by atoms with E-state index in [9.17, 15) is 4.79 Å². The molecule has 2 aliphatic rings. The molecule has 2 aromatic heterocycles. The van der Waals surface area contributed by atoms with Crippen LogP contribution in [0, 0.1) is 18.3 Å². The van der Waals surface area contributed by atoms with Gasteiger partial charge in [-0.15, -0.1) is 0 Å².